The van der Waals surface area contributed by atoms with Crippen molar-refractivity contribution in [1.29, 1.82) is 0 Å². The molecule has 3 heterocycles. The summed E-state index contributed by atoms with van der Waals surface area (Å²) in [6, 6.07) is 9.10. The van der Waals surface area contributed by atoms with Crippen LogP contribution >= 0.6 is 24.0 Å². The molecule has 3 fully saturated rings. The summed E-state index contributed by atoms with van der Waals surface area (Å²) in [5.74, 6) is 0.918. The third kappa shape index (κ3) is 7.54. The van der Waals surface area contributed by atoms with Crippen LogP contribution in [0.5, 0.6) is 0 Å². The van der Waals surface area contributed by atoms with E-state index in [1.807, 2.05) is 7.05 Å². The number of aliphatic imine (C=N–C) groups is 1. The maximum atomic E-state index is 4.52. The highest BCUT2D eigenvalue weighted by atomic mass is 127. The molecule has 0 spiro atoms. The Kier molecular flexibility index (Phi) is 10.7. The SMILES string of the molecule is CN=C(NCc1ccc(CN2CCCC2)cc1)NCC1(N2CCCCC2)CCN(C)CC1.I. The molecular formula is C26H45IN6. The van der Waals surface area contributed by atoms with Gasteiger partial charge in [0.2, 0.25) is 0 Å². The lowest BCUT2D eigenvalue weighted by molar-refractivity contribution is 0.0173. The van der Waals surface area contributed by atoms with E-state index in [0.29, 0.717) is 0 Å². The molecule has 7 heteroatoms. The normalized spacial score (nSPS) is 22.7. The van der Waals surface area contributed by atoms with Crippen LogP contribution < -0.4 is 10.6 Å². The number of benzene rings is 1. The quantitative estimate of drug-likeness (QED) is 0.300. The second-order valence-corrected chi connectivity index (χ2v) is 10.2. The highest BCUT2D eigenvalue weighted by molar-refractivity contribution is 14.0. The Morgan fingerprint density at radius 3 is 2.09 bits per heavy atom. The molecule has 0 aliphatic carbocycles. The minimum absolute atomic E-state index is 0. The highest BCUT2D eigenvalue weighted by Crippen LogP contribution is 2.30. The molecule has 3 saturated heterocycles. The van der Waals surface area contributed by atoms with Gasteiger partial charge < -0.3 is 15.5 Å². The molecule has 1 aromatic rings. The first-order chi connectivity index (χ1) is 15.7. The molecule has 186 valence electrons. The van der Waals surface area contributed by atoms with Crippen LogP contribution in [0.25, 0.3) is 0 Å². The summed E-state index contributed by atoms with van der Waals surface area (Å²) in [4.78, 5) is 12.3. The Morgan fingerprint density at radius 2 is 1.45 bits per heavy atom. The molecule has 3 aliphatic rings. The van der Waals surface area contributed by atoms with Crippen LogP contribution in [-0.4, -0.2) is 86.1 Å². The topological polar surface area (TPSA) is 46.1 Å². The summed E-state index contributed by atoms with van der Waals surface area (Å²) in [5.41, 5.74) is 2.99. The van der Waals surface area contributed by atoms with Crippen LogP contribution in [0.3, 0.4) is 0 Å². The number of guanidine groups is 1. The largest absolute Gasteiger partial charge is 0.355 e. The van der Waals surface area contributed by atoms with Crippen LogP contribution in [0.1, 0.15) is 56.1 Å². The predicted molar refractivity (Wildman–Crippen MR) is 149 cm³/mol. The monoisotopic (exact) mass is 568 g/mol. The van der Waals surface area contributed by atoms with Crippen molar-refractivity contribution in [2.24, 2.45) is 4.99 Å². The highest BCUT2D eigenvalue weighted by Gasteiger charge is 2.39. The molecule has 3 aliphatic heterocycles. The number of likely N-dealkylation sites (tertiary alicyclic amines) is 3. The first kappa shape index (κ1) is 26.7. The fourth-order valence-electron chi connectivity index (χ4n) is 5.62. The maximum absolute atomic E-state index is 4.52. The number of piperidine rings is 2. The van der Waals surface area contributed by atoms with Gasteiger partial charge in [0, 0.05) is 32.2 Å². The molecule has 0 amide bonds. The molecule has 4 rings (SSSR count). The van der Waals surface area contributed by atoms with Gasteiger partial charge in [0.05, 0.1) is 0 Å². The molecule has 0 atom stereocenters. The Balaban J connectivity index is 0.00000306. The minimum atomic E-state index is 0. The zero-order chi connectivity index (χ0) is 22.2. The number of halogens is 1. The summed E-state index contributed by atoms with van der Waals surface area (Å²) >= 11 is 0. The van der Waals surface area contributed by atoms with Crippen molar-refractivity contribution >= 4 is 29.9 Å². The zero-order valence-corrected chi connectivity index (χ0v) is 23.2. The lowest BCUT2D eigenvalue weighted by Gasteiger charge is -2.50. The third-order valence-electron chi connectivity index (χ3n) is 7.84. The molecule has 33 heavy (non-hydrogen) atoms. The van der Waals surface area contributed by atoms with Crippen LogP contribution in [0.4, 0.5) is 0 Å². The Bertz CT molecular complexity index is 717. The van der Waals surface area contributed by atoms with Gasteiger partial charge >= 0.3 is 0 Å². The van der Waals surface area contributed by atoms with E-state index in [0.717, 1.165) is 25.6 Å². The third-order valence-corrected chi connectivity index (χ3v) is 7.84. The first-order valence-corrected chi connectivity index (χ1v) is 12.9. The van der Waals surface area contributed by atoms with Crippen molar-refractivity contribution in [2.75, 3.05) is 59.9 Å². The van der Waals surface area contributed by atoms with E-state index in [2.05, 4.69) is 61.6 Å². The Morgan fingerprint density at radius 1 is 0.848 bits per heavy atom. The van der Waals surface area contributed by atoms with Gasteiger partial charge in [0.1, 0.15) is 0 Å². The molecule has 0 bridgehead atoms. The molecule has 1 aromatic carbocycles. The van der Waals surface area contributed by atoms with Crippen LogP contribution in [0, 0.1) is 0 Å². The van der Waals surface area contributed by atoms with E-state index in [-0.39, 0.29) is 29.5 Å². The summed E-state index contributed by atoms with van der Waals surface area (Å²) in [5, 5.41) is 7.24. The first-order valence-electron chi connectivity index (χ1n) is 12.9. The van der Waals surface area contributed by atoms with Gasteiger partial charge in [0.25, 0.3) is 0 Å². The van der Waals surface area contributed by atoms with Gasteiger partial charge in [-0.25, -0.2) is 0 Å². The van der Waals surface area contributed by atoms with Crippen molar-refractivity contribution in [3.05, 3.63) is 35.4 Å². The molecule has 0 saturated carbocycles. The van der Waals surface area contributed by atoms with Gasteiger partial charge in [-0.3, -0.25) is 14.8 Å². The van der Waals surface area contributed by atoms with Crippen LogP contribution in [-0.2, 0) is 13.1 Å². The molecule has 6 nitrogen and oxygen atoms in total. The lowest BCUT2D eigenvalue weighted by atomic mass is 9.84. The number of hydrogen-bond acceptors (Lipinski definition) is 4. The second-order valence-electron chi connectivity index (χ2n) is 10.2. The number of nitrogens with zero attached hydrogens (tertiary/aromatic N) is 4. The number of rotatable bonds is 7. The second kappa shape index (κ2) is 13.3. The van der Waals surface area contributed by atoms with Crippen molar-refractivity contribution < 1.29 is 0 Å². The van der Waals surface area contributed by atoms with Crippen molar-refractivity contribution in [2.45, 2.75) is 63.6 Å². The molecule has 2 N–H and O–H groups in total. The van der Waals surface area contributed by atoms with Gasteiger partial charge in [-0.2, -0.15) is 0 Å². The standard InChI is InChI=1S/C26H44N6.HI/c1-27-25(28-20-23-8-10-24(11-9-23)21-31-14-6-7-15-31)29-22-26(12-18-30(2)19-13-26)32-16-4-3-5-17-32;/h8-11H,3-7,12-22H2,1-2H3,(H2,27,28,29);1H. The maximum Gasteiger partial charge on any atom is 0.191 e. The van der Waals surface area contributed by atoms with Gasteiger partial charge in [0.15, 0.2) is 5.96 Å². The molecule has 0 radical (unpaired) electrons. The van der Waals surface area contributed by atoms with Crippen molar-refractivity contribution in [1.82, 2.24) is 25.3 Å². The van der Waals surface area contributed by atoms with Gasteiger partial charge in [-0.15, -0.1) is 24.0 Å². The fraction of sp³-hybridized carbons (Fsp3) is 0.731. The average Bonchev–Trinajstić information content (AvgIpc) is 3.35. The zero-order valence-electron chi connectivity index (χ0n) is 20.8. The van der Waals surface area contributed by atoms with Gasteiger partial charge in [-0.05, 0) is 96.0 Å². The van der Waals surface area contributed by atoms with E-state index in [1.165, 1.54) is 95.3 Å². The van der Waals surface area contributed by atoms with Crippen molar-refractivity contribution in [3.8, 4) is 0 Å². The van der Waals surface area contributed by atoms with E-state index in [4.69, 9.17) is 0 Å². The Labute approximate surface area is 218 Å². The number of nitrogens with one attached hydrogen (secondary N) is 2. The Hall–Kier alpha value is -0.900. The van der Waals surface area contributed by atoms with Gasteiger partial charge in [-0.1, -0.05) is 30.7 Å². The van der Waals surface area contributed by atoms with E-state index in [1.54, 1.807) is 0 Å². The predicted octanol–water partition coefficient (Wildman–Crippen LogP) is 3.52. The van der Waals surface area contributed by atoms with E-state index in [9.17, 15) is 0 Å². The molecular weight excluding hydrogens is 523 g/mol. The average molecular weight is 569 g/mol. The summed E-state index contributed by atoms with van der Waals surface area (Å²) < 4.78 is 0. The van der Waals surface area contributed by atoms with Crippen LogP contribution in [0.2, 0.25) is 0 Å². The summed E-state index contributed by atoms with van der Waals surface area (Å²) in [6.45, 7) is 10.3. The van der Waals surface area contributed by atoms with Crippen LogP contribution in [0.15, 0.2) is 29.3 Å². The lowest BCUT2D eigenvalue weighted by Crippen LogP contribution is -2.62. The smallest absolute Gasteiger partial charge is 0.191 e. The summed E-state index contributed by atoms with van der Waals surface area (Å²) in [7, 11) is 4.14. The minimum Gasteiger partial charge on any atom is -0.355 e. The number of hydrogen-bond donors (Lipinski definition) is 2. The fourth-order valence-corrected chi connectivity index (χ4v) is 5.62. The van der Waals surface area contributed by atoms with Crippen molar-refractivity contribution in [3.63, 3.8) is 0 Å². The van der Waals surface area contributed by atoms with E-state index >= 15 is 0 Å². The summed E-state index contributed by atoms with van der Waals surface area (Å²) in [6.07, 6.45) is 9.27. The molecule has 0 unspecified atom stereocenters. The van der Waals surface area contributed by atoms with E-state index < -0.39 is 0 Å². The molecule has 0 aromatic heterocycles.